The second-order valence-electron chi connectivity index (χ2n) is 3.41. The molecule has 0 N–H and O–H groups in total. The number of rotatable bonds is 5. The fourth-order valence-corrected chi connectivity index (χ4v) is 1.55. The lowest BCUT2D eigenvalue weighted by atomic mass is 10.1. The molecule has 5 nitrogen and oxygen atoms in total. The molecule has 0 aromatic heterocycles. The Bertz CT molecular complexity index is 229. The standard InChI is InChI=1S/C9H15NO4/c1-14-4-2-3-10-6-7(9(12)13)5-8(10)11/h7H,2-6H2,1H3,(H,12,13)/p-1/t7-/m0/s1. The van der Waals surface area contributed by atoms with E-state index in [-0.39, 0.29) is 18.9 Å². The van der Waals surface area contributed by atoms with Gasteiger partial charge in [-0.3, -0.25) is 4.79 Å². The first kappa shape index (κ1) is 11.0. The fraction of sp³-hybridized carbons (Fsp3) is 0.778. The SMILES string of the molecule is COCCCN1C[C@@H](C(=O)[O-])CC1=O. The molecule has 0 spiro atoms. The van der Waals surface area contributed by atoms with E-state index < -0.39 is 11.9 Å². The normalized spacial score (nSPS) is 21.6. The predicted octanol–water partition coefficient (Wildman–Crippen LogP) is -1.38. The Morgan fingerprint density at radius 3 is 2.93 bits per heavy atom. The van der Waals surface area contributed by atoms with Gasteiger partial charge in [-0.15, -0.1) is 0 Å². The molecular weight excluding hydrogens is 186 g/mol. The molecule has 0 saturated carbocycles. The predicted molar refractivity (Wildman–Crippen MR) is 46.2 cm³/mol. The summed E-state index contributed by atoms with van der Waals surface area (Å²) in [4.78, 5) is 23.3. The maximum atomic E-state index is 11.3. The lowest BCUT2D eigenvalue weighted by Gasteiger charge is -2.16. The third-order valence-electron chi connectivity index (χ3n) is 2.32. The van der Waals surface area contributed by atoms with Crippen LogP contribution < -0.4 is 5.11 Å². The van der Waals surface area contributed by atoms with E-state index in [4.69, 9.17) is 4.74 Å². The molecule has 0 unspecified atom stereocenters. The Labute approximate surface area is 82.6 Å². The molecule has 1 rings (SSSR count). The van der Waals surface area contributed by atoms with Crippen molar-refractivity contribution in [2.75, 3.05) is 26.8 Å². The minimum atomic E-state index is -1.13. The molecule has 0 aliphatic carbocycles. The van der Waals surface area contributed by atoms with Gasteiger partial charge >= 0.3 is 0 Å². The van der Waals surface area contributed by atoms with Crippen LogP contribution in [-0.2, 0) is 14.3 Å². The zero-order valence-electron chi connectivity index (χ0n) is 8.19. The Balaban J connectivity index is 2.33. The molecule has 5 heteroatoms. The number of ether oxygens (including phenoxy) is 1. The van der Waals surface area contributed by atoms with Gasteiger partial charge in [0.25, 0.3) is 0 Å². The van der Waals surface area contributed by atoms with E-state index in [0.717, 1.165) is 6.42 Å². The van der Waals surface area contributed by atoms with Crippen LogP contribution in [0.25, 0.3) is 0 Å². The highest BCUT2D eigenvalue weighted by Crippen LogP contribution is 2.16. The maximum absolute atomic E-state index is 11.3. The molecule has 0 aromatic carbocycles. The fourth-order valence-electron chi connectivity index (χ4n) is 1.55. The Hall–Kier alpha value is -1.10. The second kappa shape index (κ2) is 4.95. The number of carbonyl (C=O) groups is 2. The Morgan fingerprint density at radius 2 is 2.43 bits per heavy atom. The lowest BCUT2D eigenvalue weighted by molar-refractivity contribution is -0.311. The summed E-state index contributed by atoms with van der Waals surface area (Å²) in [5, 5.41) is 10.5. The monoisotopic (exact) mass is 200 g/mol. The zero-order chi connectivity index (χ0) is 10.6. The van der Waals surface area contributed by atoms with Crippen LogP contribution in [0.4, 0.5) is 0 Å². The molecule has 1 atom stereocenters. The van der Waals surface area contributed by atoms with Gasteiger partial charge in [0.05, 0.1) is 0 Å². The Morgan fingerprint density at radius 1 is 1.71 bits per heavy atom. The number of aliphatic carboxylic acids is 1. The zero-order valence-corrected chi connectivity index (χ0v) is 8.19. The maximum Gasteiger partial charge on any atom is 0.223 e. The molecule has 1 amide bonds. The average molecular weight is 200 g/mol. The summed E-state index contributed by atoms with van der Waals surface area (Å²) in [5.74, 6) is -1.87. The number of hydrogen-bond donors (Lipinski definition) is 0. The van der Waals surface area contributed by atoms with Crippen molar-refractivity contribution in [3.05, 3.63) is 0 Å². The largest absolute Gasteiger partial charge is 0.550 e. The van der Waals surface area contributed by atoms with Crippen molar-refractivity contribution in [2.24, 2.45) is 5.92 Å². The molecule has 80 valence electrons. The highest BCUT2D eigenvalue weighted by atomic mass is 16.5. The number of nitrogens with zero attached hydrogens (tertiary/aromatic N) is 1. The van der Waals surface area contributed by atoms with Crippen LogP contribution in [0, 0.1) is 5.92 Å². The van der Waals surface area contributed by atoms with Crippen LogP contribution in [0.15, 0.2) is 0 Å². The quantitative estimate of drug-likeness (QED) is 0.513. The van der Waals surface area contributed by atoms with Crippen molar-refractivity contribution in [1.82, 2.24) is 4.90 Å². The third-order valence-corrected chi connectivity index (χ3v) is 2.32. The van der Waals surface area contributed by atoms with Crippen LogP contribution in [0.5, 0.6) is 0 Å². The molecule has 1 aliphatic rings. The van der Waals surface area contributed by atoms with Crippen LogP contribution in [0.1, 0.15) is 12.8 Å². The minimum absolute atomic E-state index is 0.0787. The summed E-state index contributed by atoms with van der Waals surface area (Å²) in [5.41, 5.74) is 0. The number of carbonyl (C=O) groups excluding carboxylic acids is 2. The highest BCUT2D eigenvalue weighted by Gasteiger charge is 2.29. The van der Waals surface area contributed by atoms with Crippen LogP contribution >= 0.6 is 0 Å². The number of methoxy groups -OCH3 is 1. The molecule has 14 heavy (non-hydrogen) atoms. The summed E-state index contributed by atoms with van der Waals surface area (Å²) in [6.45, 7) is 1.43. The van der Waals surface area contributed by atoms with Gasteiger partial charge in [0.2, 0.25) is 5.91 Å². The molecule has 1 fully saturated rings. The van der Waals surface area contributed by atoms with Gasteiger partial charge in [-0.25, -0.2) is 0 Å². The molecular formula is C9H14NO4-. The van der Waals surface area contributed by atoms with Crippen molar-refractivity contribution >= 4 is 11.9 Å². The molecule has 1 heterocycles. The average Bonchev–Trinajstić information content (AvgIpc) is 2.49. The third kappa shape index (κ3) is 2.70. The Kier molecular flexibility index (Phi) is 3.88. The summed E-state index contributed by atoms with van der Waals surface area (Å²) in [6, 6.07) is 0. The summed E-state index contributed by atoms with van der Waals surface area (Å²) in [6.07, 6.45) is 0.817. The van der Waals surface area contributed by atoms with Gasteiger partial charge in [0.1, 0.15) is 0 Å². The number of likely N-dealkylation sites (tertiary alicyclic amines) is 1. The number of hydrogen-bond acceptors (Lipinski definition) is 4. The molecule has 0 bridgehead atoms. The van der Waals surface area contributed by atoms with Crippen LogP contribution in [0.3, 0.4) is 0 Å². The van der Waals surface area contributed by atoms with E-state index in [1.165, 1.54) is 0 Å². The molecule has 1 aliphatic heterocycles. The van der Waals surface area contributed by atoms with Crippen LogP contribution in [0.2, 0.25) is 0 Å². The molecule has 0 radical (unpaired) electrons. The van der Waals surface area contributed by atoms with Crippen LogP contribution in [-0.4, -0.2) is 43.6 Å². The van der Waals surface area contributed by atoms with Gasteiger partial charge in [0, 0.05) is 45.1 Å². The first-order valence-electron chi connectivity index (χ1n) is 4.62. The summed E-state index contributed by atoms with van der Waals surface area (Å²) < 4.78 is 4.84. The minimum Gasteiger partial charge on any atom is -0.550 e. The topological polar surface area (TPSA) is 69.7 Å². The van der Waals surface area contributed by atoms with Gasteiger partial charge < -0.3 is 19.5 Å². The van der Waals surface area contributed by atoms with Crippen molar-refractivity contribution in [3.63, 3.8) is 0 Å². The smallest absolute Gasteiger partial charge is 0.223 e. The van der Waals surface area contributed by atoms with Crippen molar-refractivity contribution in [1.29, 1.82) is 0 Å². The molecule has 1 saturated heterocycles. The van der Waals surface area contributed by atoms with E-state index in [2.05, 4.69) is 0 Å². The van der Waals surface area contributed by atoms with Crippen molar-refractivity contribution < 1.29 is 19.4 Å². The first-order chi connectivity index (χ1) is 6.65. The summed E-state index contributed by atoms with van der Waals surface area (Å²) in [7, 11) is 1.59. The number of carboxylic acids is 1. The van der Waals surface area contributed by atoms with E-state index in [1.807, 2.05) is 0 Å². The number of carboxylic acid groups (broad SMARTS) is 1. The van der Waals surface area contributed by atoms with Crippen molar-refractivity contribution in [3.8, 4) is 0 Å². The van der Waals surface area contributed by atoms with E-state index >= 15 is 0 Å². The van der Waals surface area contributed by atoms with E-state index in [1.54, 1.807) is 12.0 Å². The lowest BCUT2D eigenvalue weighted by Crippen LogP contribution is -2.34. The number of amides is 1. The van der Waals surface area contributed by atoms with E-state index in [9.17, 15) is 14.7 Å². The van der Waals surface area contributed by atoms with Crippen molar-refractivity contribution in [2.45, 2.75) is 12.8 Å². The molecule has 0 aromatic rings. The highest BCUT2D eigenvalue weighted by molar-refractivity contribution is 5.85. The van der Waals surface area contributed by atoms with Gasteiger partial charge in [0.15, 0.2) is 0 Å². The first-order valence-corrected chi connectivity index (χ1v) is 4.62. The van der Waals surface area contributed by atoms with Gasteiger partial charge in [-0.2, -0.15) is 0 Å². The summed E-state index contributed by atoms with van der Waals surface area (Å²) >= 11 is 0. The van der Waals surface area contributed by atoms with Gasteiger partial charge in [-0.1, -0.05) is 0 Å². The van der Waals surface area contributed by atoms with E-state index in [0.29, 0.717) is 13.2 Å². The van der Waals surface area contributed by atoms with Gasteiger partial charge in [-0.05, 0) is 6.42 Å². The second-order valence-corrected chi connectivity index (χ2v) is 3.41.